The first-order valence-corrected chi connectivity index (χ1v) is 11.2. The van der Waals surface area contributed by atoms with Gasteiger partial charge in [0.25, 0.3) is 5.56 Å². The van der Waals surface area contributed by atoms with E-state index in [9.17, 15) is 9.59 Å². The average molecular weight is 532 g/mol. The molecule has 0 radical (unpaired) electrons. The molecule has 0 aliphatic carbocycles. The Balaban J connectivity index is 1.80. The van der Waals surface area contributed by atoms with Gasteiger partial charge in [0.1, 0.15) is 11.7 Å². The molecule has 3 heterocycles. The highest BCUT2D eigenvalue weighted by atomic mass is 127. The van der Waals surface area contributed by atoms with Gasteiger partial charge in [-0.15, -0.1) is 0 Å². The lowest BCUT2D eigenvalue weighted by molar-refractivity contribution is -0.158. The number of benzene rings is 2. The van der Waals surface area contributed by atoms with E-state index in [0.29, 0.717) is 15.1 Å². The number of esters is 1. The molecule has 2 bridgehead atoms. The number of aromatic nitrogens is 1. The topological polar surface area (TPSA) is 69.9 Å². The Kier molecular flexibility index (Phi) is 4.59. The minimum atomic E-state index is -1.15. The normalized spacial score (nSPS) is 24.3. The van der Waals surface area contributed by atoms with Gasteiger partial charge in [0.15, 0.2) is 4.80 Å². The van der Waals surface area contributed by atoms with Crippen LogP contribution >= 0.6 is 33.9 Å². The number of rotatable bonds is 2. The van der Waals surface area contributed by atoms with Gasteiger partial charge >= 0.3 is 5.97 Å². The SMILES string of the molecule is COC(=O)C1C2c3ccccc3O[C@]1(C)N=c1s/c(=C/c3cccc(I)c3)c(=O)n12. The maximum atomic E-state index is 13.5. The van der Waals surface area contributed by atoms with Gasteiger partial charge in [0.05, 0.1) is 17.7 Å². The highest BCUT2D eigenvalue weighted by Gasteiger charge is 2.55. The molecule has 6 nitrogen and oxygen atoms in total. The molecule has 152 valence electrons. The number of ether oxygens (including phenoxy) is 2. The van der Waals surface area contributed by atoms with E-state index < -0.39 is 23.7 Å². The van der Waals surface area contributed by atoms with E-state index in [1.165, 1.54) is 18.4 Å². The van der Waals surface area contributed by atoms with Gasteiger partial charge in [-0.2, -0.15) is 0 Å². The fraction of sp³-hybridized carbons (Fsp3) is 0.227. The van der Waals surface area contributed by atoms with Crippen molar-refractivity contribution in [2.75, 3.05) is 7.11 Å². The fourth-order valence-corrected chi connectivity index (χ4v) is 5.85. The molecule has 2 aliphatic rings. The van der Waals surface area contributed by atoms with Crippen molar-refractivity contribution in [1.82, 2.24) is 4.57 Å². The molecule has 0 saturated heterocycles. The first-order valence-electron chi connectivity index (χ1n) is 9.35. The second-order valence-electron chi connectivity index (χ2n) is 7.38. The smallest absolute Gasteiger partial charge is 0.317 e. The molecule has 3 aromatic rings. The summed E-state index contributed by atoms with van der Waals surface area (Å²) in [5, 5.41) is 0. The van der Waals surface area contributed by atoms with E-state index >= 15 is 0 Å². The Bertz CT molecular complexity index is 1360. The molecule has 2 aromatic carbocycles. The first kappa shape index (κ1) is 19.5. The molecule has 0 spiro atoms. The third-order valence-electron chi connectivity index (χ3n) is 5.48. The van der Waals surface area contributed by atoms with Crippen molar-refractivity contribution in [2.45, 2.75) is 18.7 Å². The van der Waals surface area contributed by atoms with E-state index in [1.807, 2.05) is 54.6 Å². The van der Waals surface area contributed by atoms with Crippen molar-refractivity contribution in [1.29, 1.82) is 0 Å². The average Bonchev–Trinajstić information content (AvgIpc) is 3.00. The lowest BCUT2D eigenvalue weighted by Crippen LogP contribution is -2.58. The number of thiazole rings is 1. The summed E-state index contributed by atoms with van der Waals surface area (Å²) in [7, 11) is 1.34. The molecular formula is C22H17IN2O4S. The number of nitrogens with zero attached hydrogens (tertiary/aromatic N) is 2. The molecule has 8 heteroatoms. The molecule has 30 heavy (non-hydrogen) atoms. The highest BCUT2D eigenvalue weighted by molar-refractivity contribution is 14.1. The van der Waals surface area contributed by atoms with Crippen LogP contribution in [0.2, 0.25) is 0 Å². The van der Waals surface area contributed by atoms with Crippen LogP contribution < -0.4 is 19.6 Å². The Morgan fingerprint density at radius 2 is 2.10 bits per heavy atom. The van der Waals surface area contributed by atoms with Crippen molar-refractivity contribution >= 4 is 46.0 Å². The predicted molar refractivity (Wildman–Crippen MR) is 121 cm³/mol. The number of hydrogen-bond donors (Lipinski definition) is 0. The van der Waals surface area contributed by atoms with Crippen LogP contribution in [-0.4, -0.2) is 23.4 Å². The minimum Gasteiger partial charge on any atom is -0.469 e. The molecule has 0 N–H and O–H groups in total. The van der Waals surface area contributed by atoms with Gasteiger partial charge in [-0.25, -0.2) is 4.99 Å². The van der Waals surface area contributed by atoms with Crippen LogP contribution in [0.4, 0.5) is 0 Å². The second-order valence-corrected chi connectivity index (χ2v) is 9.63. The zero-order valence-corrected chi connectivity index (χ0v) is 19.1. The van der Waals surface area contributed by atoms with Gasteiger partial charge in [0, 0.05) is 9.13 Å². The zero-order chi connectivity index (χ0) is 21.0. The van der Waals surface area contributed by atoms with Crippen LogP contribution in [0.25, 0.3) is 6.08 Å². The molecule has 0 saturated carbocycles. The maximum Gasteiger partial charge on any atom is 0.317 e. The summed E-state index contributed by atoms with van der Waals surface area (Å²) in [6.07, 6.45) is 1.86. The third kappa shape index (κ3) is 2.92. The molecule has 2 unspecified atom stereocenters. The highest BCUT2D eigenvalue weighted by Crippen LogP contribution is 2.47. The number of halogens is 1. The number of carbonyl (C=O) groups excluding carboxylic acids is 1. The lowest BCUT2D eigenvalue weighted by Gasteiger charge is -2.44. The lowest BCUT2D eigenvalue weighted by atomic mass is 9.81. The van der Waals surface area contributed by atoms with Gasteiger partial charge in [-0.1, -0.05) is 41.7 Å². The van der Waals surface area contributed by atoms with Crippen molar-refractivity contribution in [3.63, 3.8) is 0 Å². The van der Waals surface area contributed by atoms with E-state index in [2.05, 4.69) is 22.6 Å². The number of carbonyl (C=O) groups is 1. The van der Waals surface area contributed by atoms with E-state index in [4.69, 9.17) is 14.5 Å². The number of hydrogen-bond acceptors (Lipinski definition) is 6. The molecule has 0 fully saturated rings. The third-order valence-corrected chi connectivity index (χ3v) is 7.14. The largest absolute Gasteiger partial charge is 0.469 e. The Labute approximate surface area is 189 Å². The monoisotopic (exact) mass is 532 g/mol. The Morgan fingerprint density at radius 1 is 1.30 bits per heavy atom. The zero-order valence-electron chi connectivity index (χ0n) is 16.2. The van der Waals surface area contributed by atoms with Crippen LogP contribution in [-0.2, 0) is 9.53 Å². The number of para-hydroxylation sites is 1. The summed E-state index contributed by atoms with van der Waals surface area (Å²) in [6, 6.07) is 14.8. The van der Waals surface area contributed by atoms with Crippen molar-refractivity contribution in [2.24, 2.45) is 10.9 Å². The van der Waals surface area contributed by atoms with Crippen molar-refractivity contribution in [3.05, 3.63) is 82.9 Å². The first-order chi connectivity index (χ1) is 14.4. The Hall–Kier alpha value is -2.46. The van der Waals surface area contributed by atoms with Crippen LogP contribution in [0.15, 0.2) is 58.3 Å². The van der Waals surface area contributed by atoms with Crippen molar-refractivity contribution in [3.8, 4) is 5.75 Å². The summed E-state index contributed by atoms with van der Waals surface area (Å²) in [5.41, 5.74) is 0.397. The van der Waals surface area contributed by atoms with Gasteiger partial charge in [-0.3, -0.25) is 14.2 Å². The van der Waals surface area contributed by atoms with Gasteiger partial charge < -0.3 is 9.47 Å². The molecule has 0 amide bonds. The van der Waals surface area contributed by atoms with Crippen LogP contribution in [0.5, 0.6) is 5.75 Å². The van der Waals surface area contributed by atoms with Gasteiger partial charge in [-0.05, 0) is 59.4 Å². The van der Waals surface area contributed by atoms with Crippen LogP contribution in [0, 0.1) is 9.49 Å². The van der Waals surface area contributed by atoms with E-state index in [-0.39, 0.29) is 5.56 Å². The standard InChI is InChI=1S/C22H17IN2O4S/c1-22-17(20(27)28-2)18(14-8-3-4-9-15(14)29-22)25-19(26)16(30-21(25)24-22)11-12-6-5-7-13(23)10-12/h3-11,17-18H,1-2H3/b16-11+/t17?,18?,22-/m0/s1. The molecular weight excluding hydrogens is 515 g/mol. The minimum absolute atomic E-state index is 0.171. The van der Waals surface area contributed by atoms with E-state index in [0.717, 1.165) is 14.7 Å². The summed E-state index contributed by atoms with van der Waals surface area (Å²) in [4.78, 5) is 31.5. The Morgan fingerprint density at radius 3 is 2.87 bits per heavy atom. The van der Waals surface area contributed by atoms with Crippen LogP contribution in [0.1, 0.15) is 24.1 Å². The predicted octanol–water partition coefficient (Wildman–Crippen LogP) is 2.46. The number of fused-ring (bicyclic) bond motifs is 6. The maximum absolute atomic E-state index is 13.5. The summed E-state index contributed by atoms with van der Waals surface area (Å²) < 4.78 is 14.5. The summed E-state index contributed by atoms with van der Waals surface area (Å²) >= 11 is 3.55. The molecule has 1 aromatic heterocycles. The summed E-state index contributed by atoms with van der Waals surface area (Å²) in [6.45, 7) is 1.77. The van der Waals surface area contributed by atoms with Crippen molar-refractivity contribution < 1.29 is 14.3 Å². The molecule has 3 atom stereocenters. The molecule has 2 aliphatic heterocycles. The van der Waals surface area contributed by atoms with E-state index in [1.54, 1.807) is 11.5 Å². The molecule has 5 rings (SSSR count). The second kappa shape index (κ2) is 7.05. The van der Waals surface area contributed by atoms with Gasteiger partial charge in [0.2, 0.25) is 5.72 Å². The quantitative estimate of drug-likeness (QED) is 0.376. The van der Waals surface area contributed by atoms with Crippen LogP contribution in [0.3, 0.4) is 0 Å². The number of methoxy groups -OCH3 is 1. The summed E-state index contributed by atoms with van der Waals surface area (Å²) in [5.74, 6) is -0.587. The fourth-order valence-electron chi connectivity index (χ4n) is 4.18.